The topological polar surface area (TPSA) is 0 Å². The zero-order chi connectivity index (χ0) is 28.1. The molecule has 4 aromatic rings. The van der Waals surface area contributed by atoms with Crippen LogP contribution in [0.25, 0.3) is 34.4 Å². The van der Waals surface area contributed by atoms with Crippen LogP contribution in [0.15, 0.2) is 96.1 Å². The molecule has 2 atom stereocenters. The van der Waals surface area contributed by atoms with Crippen LogP contribution in [-0.4, -0.2) is 0 Å². The summed E-state index contributed by atoms with van der Waals surface area (Å²) >= 11 is -2.62. The summed E-state index contributed by atoms with van der Waals surface area (Å²) in [7, 11) is 0. The molecule has 0 nitrogen and oxygen atoms in total. The Kier molecular flexibility index (Phi) is 9.78. The first-order valence-corrected chi connectivity index (χ1v) is 22.2. The van der Waals surface area contributed by atoms with Crippen LogP contribution in [0.4, 0.5) is 0 Å². The Morgan fingerprint density at radius 1 is 0.558 bits per heavy atom. The third kappa shape index (κ3) is 5.60. The Bertz CT molecular complexity index is 1550. The van der Waals surface area contributed by atoms with E-state index in [4.69, 9.17) is 0 Å². The molecule has 2 unspecified atom stereocenters. The van der Waals surface area contributed by atoms with E-state index in [1.54, 1.807) is 22.3 Å². The smallest absolute Gasteiger partial charge is 1.00 e. The molecule has 1 heterocycles. The molecule has 7 rings (SSSR count). The number of allylic oxidation sites excluding steroid dienone is 2. The van der Waals surface area contributed by atoms with Gasteiger partial charge in [0.15, 0.2) is 0 Å². The first kappa shape index (κ1) is 32.2. The largest absolute Gasteiger partial charge is 1.00 e. The second-order valence-electron chi connectivity index (χ2n) is 12.9. The average molecular weight is 685 g/mol. The molecule has 0 radical (unpaired) electrons. The van der Waals surface area contributed by atoms with E-state index >= 15 is 0 Å². The van der Waals surface area contributed by atoms with Gasteiger partial charge in [-0.3, -0.25) is 0 Å². The van der Waals surface area contributed by atoms with Crippen LogP contribution >= 0.6 is 0 Å². The number of fused-ring (bicyclic) bond motifs is 2. The fourth-order valence-corrected chi connectivity index (χ4v) is 26.0. The predicted molar refractivity (Wildman–Crippen MR) is 174 cm³/mol. The molecule has 0 bridgehead atoms. The molecule has 2 aliphatic carbocycles. The number of halogens is 2. The van der Waals surface area contributed by atoms with Gasteiger partial charge < -0.3 is 24.8 Å². The first-order chi connectivity index (χ1) is 20.0. The zero-order valence-corrected chi connectivity index (χ0v) is 29.9. The molecule has 1 fully saturated rings. The maximum absolute atomic E-state index is 2.62. The number of aryl methyl sites for hydroxylation is 2. The van der Waals surface area contributed by atoms with E-state index in [9.17, 15) is 0 Å². The second kappa shape index (κ2) is 13.0. The van der Waals surface area contributed by atoms with Gasteiger partial charge in [0.05, 0.1) is 0 Å². The van der Waals surface area contributed by atoms with E-state index in [1.807, 2.05) is 0 Å². The van der Waals surface area contributed by atoms with Gasteiger partial charge in [-0.15, -0.1) is 0 Å². The first-order valence-electron chi connectivity index (χ1n) is 15.8. The van der Waals surface area contributed by atoms with Crippen LogP contribution in [0, 0.1) is 0 Å². The third-order valence-corrected chi connectivity index (χ3v) is 23.6. The molecule has 0 amide bonds. The Morgan fingerprint density at radius 3 is 1.30 bits per heavy atom. The Labute approximate surface area is 275 Å². The zero-order valence-electron chi connectivity index (χ0n) is 25.9. The van der Waals surface area contributed by atoms with E-state index in [-0.39, 0.29) is 24.8 Å². The van der Waals surface area contributed by atoms with Crippen LogP contribution in [0.3, 0.4) is 0 Å². The summed E-state index contributed by atoms with van der Waals surface area (Å²) < 4.78 is 4.39. The molecule has 3 heteroatoms. The van der Waals surface area contributed by atoms with Crippen molar-refractivity contribution in [3.8, 4) is 22.3 Å². The van der Waals surface area contributed by atoms with E-state index in [0.717, 1.165) is 12.8 Å². The fraction of sp³-hybridized carbons (Fsp3) is 0.300. The van der Waals surface area contributed by atoms with Crippen molar-refractivity contribution < 1.29 is 45.1 Å². The summed E-state index contributed by atoms with van der Waals surface area (Å²) in [5.41, 5.74) is 18.0. The SMILES string of the molecule is CCCc1ccc(-c2cccc3c2C=C(C)[CH]3[Zr+2]2([CH]3C(C)=Cc4c(-c5ccc(CCC)cc5)cccc43)[CH2][CH2]2)cc1.[Cl-].[Cl-]. The van der Waals surface area contributed by atoms with Gasteiger partial charge in [-0.2, -0.15) is 0 Å². The quantitative estimate of drug-likeness (QED) is 0.229. The third-order valence-electron chi connectivity index (χ3n) is 10.1. The molecular weight excluding hydrogens is 643 g/mol. The van der Waals surface area contributed by atoms with Gasteiger partial charge in [-0.25, -0.2) is 0 Å². The van der Waals surface area contributed by atoms with Gasteiger partial charge in [-0.05, 0) is 0 Å². The summed E-state index contributed by atoms with van der Waals surface area (Å²) in [5, 5.41) is 0. The Morgan fingerprint density at radius 2 is 0.953 bits per heavy atom. The van der Waals surface area contributed by atoms with Gasteiger partial charge in [0.2, 0.25) is 0 Å². The van der Waals surface area contributed by atoms with Crippen molar-refractivity contribution in [2.24, 2.45) is 0 Å². The monoisotopic (exact) mass is 682 g/mol. The van der Waals surface area contributed by atoms with Crippen molar-refractivity contribution in [1.82, 2.24) is 0 Å². The van der Waals surface area contributed by atoms with Crippen molar-refractivity contribution in [1.29, 1.82) is 0 Å². The molecule has 220 valence electrons. The molecule has 0 spiro atoms. The van der Waals surface area contributed by atoms with Crippen molar-refractivity contribution in [2.45, 2.75) is 68.9 Å². The van der Waals surface area contributed by atoms with E-state index in [1.165, 1.54) is 65.6 Å². The number of benzene rings is 4. The van der Waals surface area contributed by atoms with Crippen LogP contribution in [-0.2, 0) is 33.1 Å². The van der Waals surface area contributed by atoms with E-state index in [2.05, 4.69) is 125 Å². The van der Waals surface area contributed by atoms with Crippen molar-refractivity contribution in [3.63, 3.8) is 0 Å². The van der Waals surface area contributed by atoms with Crippen molar-refractivity contribution in [3.05, 3.63) is 129 Å². The summed E-state index contributed by atoms with van der Waals surface area (Å²) in [5.74, 6) is 0. The Hall–Kier alpha value is -2.18. The molecule has 4 aromatic carbocycles. The molecule has 3 aliphatic rings. The summed E-state index contributed by atoms with van der Waals surface area (Å²) in [6.07, 6.45) is 9.85. The van der Waals surface area contributed by atoms with E-state index in [0.29, 0.717) is 7.25 Å². The molecule has 0 N–H and O–H groups in total. The maximum atomic E-state index is 2.56. The van der Waals surface area contributed by atoms with Crippen LogP contribution in [0.5, 0.6) is 0 Å². The van der Waals surface area contributed by atoms with Crippen LogP contribution in [0.1, 0.15) is 81.2 Å². The number of hydrogen-bond donors (Lipinski definition) is 0. The molecular formula is C40H42Cl2Zr. The fourth-order valence-electron chi connectivity index (χ4n) is 8.30. The summed E-state index contributed by atoms with van der Waals surface area (Å²) in [6, 6.07) is 33.1. The normalized spacial score (nSPS) is 18.2. The second-order valence-corrected chi connectivity index (χ2v) is 24.2. The van der Waals surface area contributed by atoms with Crippen LogP contribution < -0.4 is 24.8 Å². The maximum Gasteiger partial charge on any atom is -1.00 e. The van der Waals surface area contributed by atoms with Crippen LogP contribution in [0.2, 0.25) is 8.26 Å². The molecule has 0 aromatic heterocycles. The van der Waals surface area contributed by atoms with Gasteiger partial charge >= 0.3 is 253 Å². The van der Waals surface area contributed by atoms with Gasteiger partial charge in [0, 0.05) is 0 Å². The standard InChI is InChI=1S/2C19H19.C2H4.2ClH.Zr/c2*1-3-5-15-8-10-16(11-9-15)18-7-4-6-17-12-14(2)13-19(17)18;1-2;;;/h2*4,6-13H,3,5H2,1-2H3;1-2H2;2*1H;/q;;;;;+2/p-2. The van der Waals surface area contributed by atoms with Gasteiger partial charge in [0.25, 0.3) is 0 Å². The molecule has 1 saturated heterocycles. The summed E-state index contributed by atoms with van der Waals surface area (Å²) in [4.78, 5) is 0. The van der Waals surface area contributed by atoms with E-state index < -0.39 is 20.3 Å². The molecule has 1 aliphatic heterocycles. The number of rotatable bonds is 8. The summed E-state index contributed by atoms with van der Waals surface area (Å²) in [6.45, 7) is 9.41. The van der Waals surface area contributed by atoms with Gasteiger partial charge in [0.1, 0.15) is 0 Å². The average Bonchev–Trinajstić information content (AvgIpc) is 3.56. The Balaban J connectivity index is 0.00000184. The minimum atomic E-state index is -2.62. The van der Waals surface area contributed by atoms with Crippen molar-refractivity contribution >= 4 is 12.2 Å². The molecule has 0 saturated carbocycles. The minimum Gasteiger partial charge on any atom is -1.00 e. The van der Waals surface area contributed by atoms with Gasteiger partial charge in [-0.1, -0.05) is 0 Å². The van der Waals surface area contributed by atoms with Crippen molar-refractivity contribution in [2.75, 3.05) is 0 Å². The molecule has 43 heavy (non-hydrogen) atoms. The number of hydrogen-bond acceptors (Lipinski definition) is 0. The minimum absolute atomic E-state index is 0. The predicted octanol–water partition coefficient (Wildman–Crippen LogP) is 5.55.